The number of halogens is 1. The molecule has 1 amide bonds. The van der Waals surface area contributed by atoms with Crippen molar-refractivity contribution < 1.29 is 4.79 Å². The van der Waals surface area contributed by atoms with Crippen molar-refractivity contribution in [2.45, 2.75) is 39.7 Å². The van der Waals surface area contributed by atoms with Crippen LogP contribution in [0, 0.1) is 5.41 Å². The number of amides is 1. The standard InChI is InChI=1S/C16H23BrN2O/c1-3-16(4-2,11-18)15(20)19-9-8-12-6-5-7-14(17)13(12)10-19/h5-7H,3-4,8-11,18H2,1-2H3. The van der Waals surface area contributed by atoms with Crippen molar-refractivity contribution in [3.05, 3.63) is 33.8 Å². The molecule has 110 valence electrons. The number of benzene rings is 1. The molecule has 0 saturated heterocycles. The van der Waals surface area contributed by atoms with E-state index in [1.165, 1.54) is 11.1 Å². The van der Waals surface area contributed by atoms with Crippen LogP contribution in [-0.4, -0.2) is 23.9 Å². The number of nitrogens with two attached hydrogens (primary N) is 1. The molecule has 0 atom stereocenters. The van der Waals surface area contributed by atoms with Gasteiger partial charge in [0, 0.05) is 24.1 Å². The smallest absolute Gasteiger partial charge is 0.230 e. The predicted octanol–water partition coefficient (Wildman–Crippen LogP) is 3.10. The Balaban J connectivity index is 2.24. The van der Waals surface area contributed by atoms with E-state index < -0.39 is 5.41 Å². The lowest BCUT2D eigenvalue weighted by Crippen LogP contribution is -2.49. The molecule has 0 radical (unpaired) electrons. The first-order valence-corrected chi connectivity index (χ1v) is 8.13. The van der Waals surface area contributed by atoms with Crippen LogP contribution in [0.15, 0.2) is 22.7 Å². The molecule has 4 heteroatoms. The van der Waals surface area contributed by atoms with Crippen LogP contribution in [0.1, 0.15) is 37.8 Å². The van der Waals surface area contributed by atoms with Crippen LogP contribution in [0.4, 0.5) is 0 Å². The molecule has 0 unspecified atom stereocenters. The molecule has 3 nitrogen and oxygen atoms in total. The first-order valence-electron chi connectivity index (χ1n) is 7.33. The van der Waals surface area contributed by atoms with Crippen LogP contribution < -0.4 is 5.73 Å². The lowest BCUT2D eigenvalue weighted by molar-refractivity contribution is -0.143. The monoisotopic (exact) mass is 338 g/mol. The average Bonchev–Trinajstić information content (AvgIpc) is 2.49. The van der Waals surface area contributed by atoms with Crippen molar-refractivity contribution in [1.82, 2.24) is 4.90 Å². The molecule has 2 N–H and O–H groups in total. The highest BCUT2D eigenvalue weighted by Gasteiger charge is 2.37. The maximum atomic E-state index is 12.9. The number of nitrogens with zero attached hydrogens (tertiary/aromatic N) is 1. The van der Waals surface area contributed by atoms with Crippen molar-refractivity contribution in [3.8, 4) is 0 Å². The highest BCUT2D eigenvalue weighted by molar-refractivity contribution is 9.10. The Morgan fingerprint density at radius 1 is 1.40 bits per heavy atom. The second kappa shape index (κ2) is 6.27. The zero-order valence-electron chi connectivity index (χ0n) is 12.3. The SMILES string of the molecule is CCC(CC)(CN)C(=O)N1CCc2cccc(Br)c2C1. The van der Waals surface area contributed by atoms with Crippen LogP contribution in [0.3, 0.4) is 0 Å². The summed E-state index contributed by atoms with van der Waals surface area (Å²) in [5, 5.41) is 0. The minimum absolute atomic E-state index is 0.214. The summed E-state index contributed by atoms with van der Waals surface area (Å²) in [6.45, 7) is 6.03. The number of carbonyl (C=O) groups excluding carboxylic acids is 1. The third-order valence-corrected chi connectivity index (χ3v) is 5.44. The van der Waals surface area contributed by atoms with E-state index in [1.807, 2.05) is 11.0 Å². The van der Waals surface area contributed by atoms with Crippen molar-refractivity contribution in [2.24, 2.45) is 11.1 Å². The van der Waals surface area contributed by atoms with Crippen LogP contribution in [-0.2, 0) is 17.8 Å². The molecule has 1 aromatic carbocycles. The Morgan fingerprint density at radius 3 is 2.70 bits per heavy atom. The zero-order valence-corrected chi connectivity index (χ0v) is 13.9. The second-order valence-corrected chi connectivity index (χ2v) is 6.40. The molecule has 0 bridgehead atoms. The molecule has 0 fully saturated rings. The van der Waals surface area contributed by atoms with Gasteiger partial charge in [-0.3, -0.25) is 4.79 Å². The Bertz CT molecular complexity index is 489. The summed E-state index contributed by atoms with van der Waals surface area (Å²) in [6.07, 6.45) is 2.53. The van der Waals surface area contributed by atoms with Crippen molar-refractivity contribution >= 4 is 21.8 Å². The fourth-order valence-corrected chi connectivity index (χ4v) is 3.51. The minimum atomic E-state index is -0.390. The molecular formula is C16H23BrN2O. The molecule has 2 rings (SSSR count). The van der Waals surface area contributed by atoms with E-state index in [0.717, 1.165) is 30.3 Å². The number of fused-ring (bicyclic) bond motifs is 1. The second-order valence-electron chi connectivity index (χ2n) is 5.55. The number of hydrogen-bond donors (Lipinski definition) is 1. The Morgan fingerprint density at radius 2 is 2.10 bits per heavy atom. The average molecular weight is 339 g/mol. The lowest BCUT2D eigenvalue weighted by Gasteiger charge is -2.38. The van der Waals surface area contributed by atoms with Crippen LogP contribution in [0.2, 0.25) is 0 Å². The summed E-state index contributed by atoms with van der Waals surface area (Å²) in [4.78, 5) is 14.8. The highest BCUT2D eigenvalue weighted by Crippen LogP contribution is 2.32. The van der Waals surface area contributed by atoms with Crippen LogP contribution >= 0.6 is 15.9 Å². The molecule has 1 aliphatic heterocycles. The lowest BCUT2D eigenvalue weighted by atomic mass is 9.80. The van der Waals surface area contributed by atoms with Gasteiger partial charge in [0.1, 0.15) is 0 Å². The van der Waals surface area contributed by atoms with Gasteiger partial charge in [0.2, 0.25) is 5.91 Å². The van der Waals surface area contributed by atoms with Gasteiger partial charge in [-0.15, -0.1) is 0 Å². The summed E-state index contributed by atoms with van der Waals surface area (Å²) >= 11 is 3.60. The van der Waals surface area contributed by atoms with E-state index >= 15 is 0 Å². The van der Waals surface area contributed by atoms with Crippen LogP contribution in [0.25, 0.3) is 0 Å². The summed E-state index contributed by atoms with van der Waals surface area (Å²) < 4.78 is 1.10. The van der Waals surface area contributed by atoms with Gasteiger partial charge in [-0.2, -0.15) is 0 Å². The quantitative estimate of drug-likeness (QED) is 0.916. The molecule has 0 saturated carbocycles. The molecule has 1 aliphatic rings. The normalized spacial score (nSPS) is 15.1. The van der Waals surface area contributed by atoms with Gasteiger partial charge in [-0.25, -0.2) is 0 Å². The third kappa shape index (κ3) is 2.63. The fourth-order valence-electron chi connectivity index (χ4n) is 2.98. The van der Waals surface area contributed by atoms with Crippen molar-refractivity contribution in [2.75, 3.05) is 13.1 Å². The maximum Gasteiger partial charge on any atom is 0.230 e. The minimum Gasteiger partial charge on any atom is -0.337 e. The summed E-state index contributed by atoms with van der Waals surface area (Å²) in [5.74, 6) is 0.214. The first-order chi connectivity index (χ1) is 9.57. The topological polar surface area (TPSA) is 46.3 Å². The van der Waals surface area contributed by atoms with Gasteiger partial charge in [0.05, 0.1) is 5.41 Å². The highest BCUT2D eigenvalue weighted by atomic mass is 79.9. The van der Waals surface area contributed by atoms with E-state index in [9.17, 15) is 4.79 Å². The van der Waals surface area contributed by atoms with Gasteiger partial charge >= 0.3 is 0 Å². The van der Waals surface area contributed by atoms with Gasteiger partial charge in [-0.1, -0.05) is 41.9 Å². The van der Waals surface area contributed by atoms with Crippen LogP contribution in [0.5, 0.6) is 0 Å². The van der Waals surface area contributed by atoms with E-state index in [1.54, 1.807) is 0 Å². The fraction of sp³-hybridized carbons (Fsp3) is 0.562. The largest absolute Gasteiger partial charge is 0.337 e. The molecule has 0 aromatic heterocycles. The summed E-state index contributed by atoms with van der Waals surface area (Å²) in [5.41, 5.74) is 8.10. The predicted molar refractivity (Wildman–Crippen MR) is 85.3 cm³/mol. The van der Waals surface area contributed by atoms with E-state index in [4.69, 9.17) is 5.73 Å². The zero-order chi connectivity index (χ0) is 14.8. The molecular weight excluding hydrogens is 316 g/mol. The number of hydrogen-bond acceptors (Lipinski definition) is 2. The molecule has 20 heavy (non-hydrogen) atoms. The van der Waals surface area contributed by atoms with E-state index in [0.29, 0.717) is 13.1 Å². The summed E-state index contributed by atoms with van der Waals surface area (Å²) in [6, 6.07) is 6.25. The third-order valence-electron chi connectivity index (χ3n) is 4.70. The van der Waals surface area contributed by atoms with Crippen molar-refractivity contribution in [3.63, 3.8) is 0 Å². The van der Waals surface area contributed by atoms with Gasteiger partial charge in [-0.05, 0) is 36.5 Å². The van der Waals surface area contributed by atoms with E-state index in [-0.39, 0.29) is 5.91 Å². The number of carbonyl (C=O) groups is 1. The Labute approximate surface area is 129 Å². The summed E-state index contributed by atoms with van der Waals surface area (Å²) in [7, 11) is 0. The first kappa shape index (κ1) is 15.5. The molecule has 0 spiro atoms. The Hall–Kier alpha value is -0.870. The maximum absolute atomic E-state index is 12.9. The number of rotatable bonds is 4. The van der Waals surface area contributed by atoms with E-state index in [2.05, 4.69) is 41.9 Å². The van der Waals surface area contributed by atoms with Crippen molar-refractivity contribution in [1.29, 1.82) is 0 Å². The molecule has 1 heterocycles. The molecule has 0 aliphatic carbocycles. The van der Waals surface area contributed by atoms with Gasteiger partial charge in [0.15, 0.2) is 0 Å². The Kier molecular flexibility index (Phi) is 4.86. The molecule has 1 aromatic rings. The van der Waals surface area contributed by atoms with Gasteiger partial charge in [0.25, 0.3) is 0 Å². The van der Waals surface area contributed by atoms with Gasteiger partial charge < -0.3 is 10.6 Å².